The third-order valence-corrected chi connectivity index (χ3v) is 3.60. The number of carbonyl (C=O) groups excluding carboxylic acids is 2. The average molecular weight is 260 g/mol. The molecule has 1 aliphatic rings. The highest BCUT2D eigenvalue weighted by molar-refractivity contribution is 5.74. The van der Waals surface area contributed by atoms with E-state index in [9.17, 15) is 14.8 Å². The van der Waals surface area contributed by atoms with Crippen LogP contribution < -0.4 is 0 Å². The molecule has 0 aromatic carbocycles. The molecule has 1 saturated heterocycles. The van der Waals surface area contributed by atoms with E-state index in [1.165, 1.54) is 12.0 Å². The molecule has 0 saturated carbocycles. The van der Waals surface area contributed by atoms with Gasteiger partial charge < -0.3 is 14.4 Å². The van der Waals surface area contributed by atoms with Crippen LogP contribution in [-0.2, 0) is 9.47 Å². The molecule has 104 valence electrons. The van der Waals surface area contributed by atoms with Crippen molar-refractivity contribution in [3.05, 3.63) is 0 Å². The first kappa shape index (κ1) is 14.6. The zero-order valence-electron chi connectivity index (χ0n) is 11.2. The van der Waals surface area contributed by atoms with Gasteiger partial charge in [0.05, 0.1) is 7.11 Å². The average Bonchev–Trinajstić information content (AvgIpc) is 2.39. The number of ether oxygens (including phenoxy) is 2. The number of hydroxylamine groups is 2. The number of amides is 2. The van der Waals surface area contributed by atoms with E-state index in [1.54, 1.807) is 7.05 Å². The van der Waals surface area contributed by atoms with Gasteiger partial charge >= 0.3 is 12.2 Å². The molecule has 1 N–H and O–H groups in total. The molecule has 7 nitrogen and oxygen atoms in total. The normalized spacial score (nSPS) is 22.9. The number of rotatable bonds is 3. The fourth-order valence-electron chi connectivity index (χ4n) is 2.29. The van der Waals surface area contributed by atoms with Crippen LogP contribution >= 0.6 is 0 Å². The molecule has 1 heterocycles. The molecule has 1 aliphatic heterocycles. The van der Waals surface area contributed by atoms with Gasteiger partial charge in [-0.25, -0.2) is 9.59 Å². The van der Waals surface area contributed by atoms with E-state index in [0.717, 1.165) is 0 Å². The Kier molecular flexibility index (Phi) is 4.39. The Morgan fingerprint density at radius 3 is 2.50 bits per heavy atom. The number of hydrogen-bond acceptors (Lipinski definition) is 5. The summed E-state index contributed by atoms with van der Waals surface area (Å²) in [6.07, 6.45) is -0.633. The molecule has 0 aromatic rings. The maximum absolute atomic E-state index is 11.7. The van der Waals surface area contributed by atoms with Crippen LogP contribution in [0.2, 0.25) is 0 Å². The lowest BCUT2D eigenvalue weighted by Crippen LogP contribution is -2.63. The zero-order valence-corrected chi connectivity index (χ0v) is 11.2. The fourth-order valence-corrected chi connectivity index (χ4v) is 2.29. The minimum Gasteiger partial charge on any atom is -0.438 e. The molecular formula is C11H20N2O5. The van der Waals surface area contributed by atoms with Crippen molar-refractivity contribution < 1.29 is 24.3 Å². The van der Waals surface area contributed by atoms with Crippen LogP contribution in [-0.4, -0.2) is 54.3 Å². The second-order valence-corrected chi connectivity index (χ2v) is 4.48. The monoisotopic (exact) mass is 260 g/mol. The Hall–Kier alpha value is -1.50. The summed E-state index contributed by atoms with van der Waals surface area (Å²) in [4.78, 5) is 24.3. The van der Waals surface area contributed by atoms with E-state index in [1.807, 2.05) is 13.8 Å². The predicted molar refractivity (Wildman–Crippen MR) is 61.9 cm³/mol. The summed E-state index contributed by atoms with van der Waals surface area (Å²) >= 11 is 0. The molecule has 1 unspecified atom stereocenters. The van der Waals surface area contributed by atoms with Crippen LogP contribution in [0.4, 0.5) is 9.59 Å². The van der Waals surface area contributed by atoms with Gasteiger partial charge in [0.25, 0.3) is 0 Å². The molecule has 0 bridgehead atoms. The van der Waals surface area contributed by atoms with E-state index in [2.05, 4.69) is 4.74 Å². The van der Waals surface area contributed by atoms with Crippen LogP contribution in [0, 0.1) is 5.41 Å². The van der Waals surface area contributed by atoms with Crippen molar-refractivity contribution in [3.8, 4) is 0 Å². The van der Waals surface area contributed by atoms with Gasteiger partial charge in [-0.05, 0) is 12.8 Å². The third-order valence-electron chi connectivity index (χ3n) is 3.60. The second kappa shape index (κ2) is 5.43. The molecule has 0 radical (unpaired) electrons. The Labute approximate surface area is 106 Å². The van der Waals surface area contributed by atoms with Gasteiger partial charge in [0, 0.05) is 19.0 Å². The van der Waals surface area contributed by atoms with Crippen molar-refractivity contribution in [1.82, 2.24) is 9.96 Å². The van der Waals surface area contributed by atoms with Gasteiger partial charge in [0.15, 0.2) is 0 Å². The van der Waals surface area contributed by atoms with Gasteiger partial charge in [-0.2, -0.15) is 5.06 Å². The highest BCUT2D eigenvalue weighted by Gasteiger charge is 2.50. The molecule has 1 rings (SSSR count). The second-order valence-electron chi connectivity index (χ2n) is 4.48. The lowest BCUT2D eigenvalue weighted by atomic mass is 9.78. The molecular weight excluding hydrogens is 240 g/mol. The van der Waals surface area contributed by atoms with Crippen LogP contribution in [0.3, 0.4) is 0 Å². The number of hydrogen-bond donors (Lipinski definition) is 1. The fraction of sp³-hybridized carbons (Fsp3) is 0.818. The van der Waals surface area contributed by atoms with Gasteiger partial charge in [-0.1, -0.05) is 13.8 Å². The molecule has 1 atom stereocenters. The van der Waals surface area contributed by atoms with Gasteiger partial charge in [0.2, 0.25) is 6.23 Å². The van der Waals surface area contributed by atoms with Crippen molar-refractivity contribution in [1.29, 1.82) is 0 Å². The largest absolute Gasteiger partial charge is 0.510 e. The summed E-state index contributed by atoms with van der Waals surface area (Å²) in [5, 5.41) is 10.3. The molecule has 0 spiro atoms. The third kappa shape index (κ3) is 2.35. The molecule has 2 amide bonds. The lowest BCUT2D eigenvalue weighted by molar-refractivity contribution is -0.233. The number of methoxy groups -OCH3 is 1. The summed E-state index contributed by atoms with van der Waals surface area (Å²) in [6, 6.07) is -0.596. The van der Waals surface area contributed by atoms with Crippen LogP contribution in [0.1, 0.15) is 26.7 Å². The maximum Gasteiger partial charge on any atom is 0.510 e. The predicted octanol–water partition coefficient (Wildman–Crippen LogP) is 1.66. The SMILES string of the molecule is CCC1(CC)CN(C)C(=O)N(O)C1OC(=O)OC. The summed E-state index contributed by atoms with van der Waals surface area (Å²) < 4.78 is 9.46. The standard InChI is InChI=1S/C11H20N2O5/c1-5-11(6-2)7-12(3)9(14)13(16)8(11)18-10(15)17-4/h8,16H,5-7H2,1-4H3. The summed E-state index contributed by atoms with van der Waals surface area (Å²) in [5.41, 5.74) is -0.508. The van der Waals surface area contributed by atoms with Crippen molar-refractivity contribution in [3.63, 3.8) is 0 Å². The van der Waals surface area contributed by atoms with E-state index in [0.29, 0.717) is 24.4 Å². The van der Waals surface area contributed by atoms with Crippen LogP contribution in [0.15, 0.2) is 0 Å². The highest BCUT2D eigenvalue weighted by Crippen LogP contribution is 2.38. The minimum absolute atomic E-state index is 0.414. The van der Waals surface area contributed by atoms with Crippen molar-refractivity contribution in [2.75, 3.05) is 20.7 Å². The first-order valence-electron chi connectivity index (χ1n) is 5.89. The minimum atomic E-state index is -1.02. The van der Waals surface area contributed by atoms with Gasteiger partial charge in [-0.3, -0.25) is 5.21 Å². The highest BCUT2D eigenvalue weighted by atomic mass is 16.7. The summed E-state index contributed by atoms with van der Waals surface area (Å²) in [7, 11) is 2.78. The lowest BCUT2D eigenvalue weighted by Gasteiger charge is -2.48. The zero-order chi connectivity index (χ0) is 13.9. The van der Waals surface area contributed by atoms with Crippen molar-refractivity contribution in [2.45, 2.75) is 32.9 Å². The first-order chi connectivity index (χ1) is 8.41. The quantitative estimate of drug-likeness (QED) is 0.616. The number of carbonyl (C=O) groups is 2. The van der Waals surface area contributed by atoms with Crippen molar-refractivity contribution in [2.24, 2.45) is 5.41 Å². The first-order valence-corrected chi connectivity index (χ1v) is 5.89. The van der Waals surface area contributed by atoms with E-state index < -0.39 is 23.8 Å². The van der Waals surface area contributed by atoms with E-state index in [4.69, 9.17) is 4.74 Å². The molecule has 1 fully saturated rings. The summed E-state index contributed by atoms with van der Waals surface area (Å²) in [6.45, 7) is 4.26. The van der Waals surface area contributed by atoms with Crippen molar-refractivity contribution >= 4 is 12.2 Å². The Balaban J connectivity index is 3.03. The summed E-state index contributed by atoms with van der Waals surface area (Å²) in [5.74, 6) is 0. The number of urea groups is 1. The smallest absolute Gasteiger partial charge is 0.438 e. The molecule has 0 aliphatic carbocycles. The molecule has 7 heteroatoms. The van der Waals surface area contributed by atoms with E-state index >= 15 is 0 Å². The molecule has 0 aromatic heterocycles. The van der Waals surface area contributed by atoms with Gasteiger partial charge in [-0.15, -0.1) is 0 Å². The number of nitrogens with zero attached hydrogens (tertiary/aromatic N) is 2. The molecule has 18 heavy (non-hydrogen) atoms. The van der Waals surface area contributed by atoms with Gasteiger partial charge in [0.1, 0.15) is 0 Å². The van der Waals surface area contributed by atoms with Crippen LogP contribution in [0.5, 0.6) is 0 Å². The Morgan fingerprint density at radius 1 is 1.50 bits per heavy atom. The van der Waals surface area contributed by atoms with E-state index in [-0.39, 0.29) is 0 Å². The Morgan fingerprint density at radius 2 is 2.06 bits per heavy atom. The Bertz CT molecular complexity index is 329. The van der Waals surface area contributed by atoms with Crippen LogP contribution in [0.25, 0.3) is 0 Å². The topological polar surface area (TPSA) is 79.3 Å². The maximum atomic E-state index is 11.7.